The predicted molar refractivity (Wildman–Crippen MR) is 68.8 cm³/mol. The molecule has 2 N–H and O–H groups in total. The van der Waals surface area contributed by atoms with Gasteiger partial charge in [0.15, 0.2) is 0 Å². The maximum Gasteiger partial charge on any atom is 0.145 e. The smallest absolute Gasteiger partial charge is 0.145 e. The third-order valence-corrected chi connectivity index (χ3v) is 3.56. The second kappa shape index (κ2) is 3.53. The molecule has 3 aromatic rings. The predicted octanol–water partition coefficient (Wildman–Crippen LogP) is 1.98. The maximum absolute atomic E-state index is 5.95. The molecular weight excluding hydrogens is 234 g/mol. The number of nitrogens with two attached hydrogens (primary N) is 1. The molecule has 0 unspecified atom stereocenters. The lowest BCUT2D eigenvalue weighted by molar-refractivity contribution is 0.955. The highest BCUT2D eigenvalue weighted by molar-refractivity contribution is 7.10. The summed E-state index contributed by atoms with van der Waals surface area (Å²) in [6.07, 6.45) is 3.54. The van der Waals surface area contributed by atoms with Crippen molar-refractivity contribution >= 4 is 27.6 Å². The Hall–Kier alpha value is -1.95. The van der Waals surface area contributed by atoms with Gasteiger partial charge in [-0.2, -0.15) is 4.37 Å². The summed E-state index contributed by atoms with van der Waals surface area (Å²) >= 11 is 1.30. The first kappa shape index (κ1) is 10.2. The van der Waals surface area contributed by atoms with Gasteiger partial charge in [0.25, 0.3) is 0 Å². The van der Waals surface area contributed by atoms with Gasteiger partial charge in [-0.05, 0) is 24.5 Å². The minimum Gasteiger partial charge on any atom is -0.389 e. The van der Waals surface area contributed by atoms with Crippen LogP contribution in [-0.2, 0) is 7.05 Å². The van der Waals surface area contributed by atoms with E-state index in [2.05, 4.69) is 14.3 Å². The summed E-state index contributed by atoms with van der Waals surface area (Å²) in [6.45, 7) is 1.94. The van der Waals surface area contributed by atoms with E-state index in [1.807, 2.05) is 24.6 Å². The van der Waals surface area contributed by atoms with Gasteiger partial charge < -0.3 is 10.3 Å². The normalized spacial score (nSPS) is 11.2. The number of rotatable bonds is 1. The van der Waals surface area contributed by atoms with Gasteiger partial charge in [-0.15, -0.1) is 0 Å². The number of anilines is 1. The van der Waals surface area contributed by atoms with Crippen LogP contribution in [0.5, 0.6) is 0 Å². The molecule has 0 fully saturated rings. The average Bonchev–Trinajstić information content (AvgIpc) is 2.82. The molecule has 5 nitrogen and oxygen atoms in total. The molecule has 17 heavy (non-hydrogen) atoms. The highest BCUT2D eigenvalue weighted by Crippen LogP contribution is 2.32. The van der Waals surface area contributed by atoms with Gasteiger partial charge in [-0.25, -0.2) is 4.98 Å². The lowest BCUT2D eigenvalue weighted by Gasteiger charge is -2.01. The number of hydrogen-bond donors (Lipinski definition) is 1. The molecule has 0 radical (unpaired) electrons. The van der Waals surface area contributed by atoms with Crippen molar-refractivity contribution < 1.29 is 0 Å². The van der Waals surface area contributed by atoms with Crippen molar-refractivity contribution in [1.82, 2.24) is 18.9 Å². The fourth-order valence-electron chi connectivity index (χ4n) is 1.92. The Morgan fingerprint density at radius 2 is 2.24 bits per heavy atom. The Labute approximate surface area is 102 Å². The van der Waals surface area contributed by atoms with Crippen LogP contribution in [0.15, 0.2) is 18.5 Å². The Morgan fingerprint density at radius 3 is 2.88 bits per heavy atom. The van der Waals surface area contributed by atoms with Crippen LogP contribution in [0.1, 0.15) is 5.69 Å². The summed E-state index contributed by atoms with van der Waals surface area (Å²) in [7, 11) is 1.96. The molecule has 0 atom stereocenters. The molecule has 0 aliphatic carbocycles. The van der Waals surface area contributed by atoms with E-state index < -0.39 is 0 Å². The van der Waals surface area contributed by atoms with Crippen molar-refractivity contribution in [3.05, 3.63) is 24.2 Å². The van der Waals surface area contributed by atoms with Crippen LogP contribution in [0.3, 0.4) is 0 Å². The second-order valence-corrected chi connectivity index (χ2v) is 4.67. The fraction of sp³-hybridized carbons (Fsp3) is 0.182. The Morgan fingerprint density at radius 1 is 1.41 bits per heavy atom. The molecule has 0 amide bonds. The quantitative estimate of drug-likeness (QED) is 0.711. The van der Waals surface area contributed by atoms with E-state index in [9.17, 15) is 0 Å². The van der Waals surface area contributed by atoms with Gasteiger partial charge in [0, 0.05) is 13.2 Å². The van der Waals surface area contributed by atoms with Gasteiger partial charge in [-0.1, -0.05) is 0 Å². The lowest BCUT2D eigenvalue weighted by Crippen LogP contribution is -1.95. The molecule has 0 aromatic carbocycles. The number of hydrogen-bond acceptors (Lipinski definition) is 5. The zero-order chi connectivity index (χ0) is 12.0. The molecule has 3 heterocycles. The highest BCUT2D eigenvalue weighted by atomic mass is 32.1. The Balaban J connectivity index is 2.35. The van der Waals surface area contributed by atoms with Crippen LogP contribution >= 0.6 is 11.5 Å². The van der Waals surface area contributed by atoms with Crippen molar-refractivity contribution in [2.75, 3.05) is 5.73 Å². The van der Waals surface area contributed by atoms with E-state index in [-0.39, 0.29) is 0 Å². The van der Waals surface area contributed by atoms with Crippen LogP contribution in [0.2, 0.25) is 0 Å². The zero-order valence-electron chi connectivity index (χ0n) is 9.51. The molecule has 0 bridgehead atoms. The van der Waals surface area contributed by atoms with Crippen LogP contribution < -0.4 is 5.73 Å². The number of aryl methyl sites for hydroxylation is 2. The molecule has 86 valence electrons. The van der Waals surface area contributed by atoms with E-state index >= 15 is 0 Å². The molecule has 6 heteroatoms. The van der Waals surface area contributed by atoms with Gasteiger partial charge in [0.05, 0.1) is 28.5 Å². The van der Waals surface area contributed by atoms with Crippen molar-refractivity contribution in [2.24, 2.45) is 7.05 Å². The maximum atomic E-state index is 5.95. The number of fused-ring (bicyclic) bond motifs is 1. The Bertz CT molecular complexity index is 678. The summed E-state index contributed by atoms with van der Waals surface area (Å²) in [4.78, 5) is 8.69. The van der Waals surface area contributed by atoms with E-state index in [1.165, 1.54) is 11.5 Å². The fourth-order valence-corrected chi connectivity index (χ4v) is 2.57. The first-order chi connectivity index (χ1) is 8.18. The van der Waals surface area contributed by atoms with Crippen LogP contribution in [0, 0.1) is 6.92 Å². The first-order valence-corrected chi connectivity index (χ1v) is 5.94. The van der Waals surface area contributed by atoms with Crippen LogP contribution in [-0.4, -0.2) is 18.9 Å². The molecule has 0 aliphatic heterocycles. The number of pyridine rings is 1. The molecule has 3 rings (SSSR count). The molecule has 0 aliphatic rings. The number of nitrogen functional groups attached to an aromatic ring is 1. The standard InChI is InChI=1S/C11H11N5S/c1-6-9(10(12)17-15-6)11-14-7-3-4-13-5-8(7)16(11)2/h3-5H,12H2,1-2H3. The van der Waals surface area contributed by atoms with Crippen LogP contribution in [0.4, 0.5) is 5.00 Å². The van der Waals surface area contributed by atoms with Gasteiger partial charge >= 0.3 is 0 Å². The van der Waals surface area contributed by atoms with Gasteiger partial charge in [0.1, 0.15) is 10.8 Å². The summed E-state index contributed by atoms with van der Waals surface area (Å²) in [6, 6.07) is 1.89. The van der Waals surface area contributed by atoms with Crippen molar-refractivity contribution in [1.29, 1.82) is 0 Å². The molecule has 0 saturated heterocycles. The summed E-state index contributed by atoms with van der Waals surface area (Å²) in [5.74, 6) is 0.844. The minimum absolute atomic E-state index is 0.703. The third-order valence-electron chi connectivity index (χ3n) is 2.80. The van der Waals surface area contributed by atoms with E-state index in [4.69, 9.17) is 5.73 Å². The second-order valence-electron chi connectivity index (χ2n) is 3.87. The highest BCUT2D eigenvalue weighted by Gasteiger charge is 2.17. The lowest BCUT2D eigenvalue weighted by atomic mass is 10.2. The third kappa shape index (κ3) is 1.41. The minimum atomic E-state index is 0.703. The average molecular weight is 245 g/mol. The summed E-state index contributed by atoms with van der Waals surface area (Å²) in [5.41, 5.74) is 9.70. The first-order valence-electron chi connectivity index (χ1n) is 5.17. The molecule has 3 aromatic heterocycles. The van der Waals surface area contributed by atoms with Gasteiger partial charge in [0.2, 0.25) is 0 Å². The largest absolute Gasteiger partial charge is 0.389 e. The SMILES string of the molecule is Cc1nsc(N)c1-c1nc2ccncc2n1C. The number of aromatic nitrogens is 4. The van der Waals surface area contributed by atoms with Crippen molar-refractivity contribution in [3.8, 4) is 11.4 Å². The van der Waals surface area contributed by atoms with Crippen LogP contribution in [0.25, 0.3) is 22.4 Å². The van der Waals surface area contributed by atoms with Crippen molar-refractivity contribution in [3.63, 3.8) is 0 Å². The van der Waals surface area contributed by atoms with E-state index in [0.29, 0.717) is 5.00 Å². The van der Waals surface area contributed by atoms with Crippen molar-refractivity contribution in [2.45, 2.75) is 6.92 Å². The Kier molecular flexibility index (Phi) is 2.12. The number of nitrogens with zero attached hydrogens (tertiary/aromatic N) is 4. The summed E-state index contributed by atoms with van der Waals surface area (Å²) < 4.78 is 6.25. The zero-order valence-corrected chi connectivity index (χ0v) is 10.3. The summed E-state index contributed by atoms with van der Waals surface area (Å²) in [5, 5.41) is 0.703. The molecule has 0 saturated carbocycles. The molecular formula is C11H11N5S. The van der Waals surface area contributed by atoms with E-state index in [1.54, 1.807) is 12.4 Å². The topological polar surface area (TPSA) is 69.6 Å². The molecule has 0 spiro atoms. The van der Waals surface area contributed by atoms with Gasteiger partial charge in [-0.3, -0.25) is 4.98 Å². The number of imidazole rings is 1. The monoisotopic (exact) mass is 245 g/mol. The van der Waals surface area contributed by atoms with E-state index in [0.717, 1.165) is 28.1 Å².